The lowest BCUT2D eigenvalue weighted by molar-refractivity contribution is 0.000976. The molecule has 12 heteroatoms. The van der Waals surface area contributed by atoms with E-state index in [0.29, 0.717) is 0 Å². The van der Waals surface area contributed by atoms with Crippen LogP contribution < -0.4 is 11.3 Å². The summed E-state index contributed by atoms with van der Waals surface area (Å²) in [6, 6.07) is 0. The Bertz CT molecular complexity index is 740. The summed E-state index contributed by atoms with van der Waals surface area (Å²) in [5.74, 6) is -0.0594. The predicted octanol–water partition coefficient (Wildman–Crippen LogP) is -0.461. The average molecular weight is 321 g/mol. The lowest BCUT2D eigenvalue weighted by Crippen LogP contribution is -2.13. The molecule has 0 saturated heterocycles. The van der Waals surface area contributed by atoms with E-state index in [1.807, 2.05) is 0 Å². The van der Waals surface area contributed by atoms with Crippen molar-refractivity contribution in [2.45, 2.75) is 19.1 Å². The van der Waals surface area contributed by atoms with Gasteiger partial charge < -0.3 is 24.8 Å². The average Bonchev–Trinajstić information content (AvgIpc) is 2.76. The van der Waals surface area contributed by atoms with Crippen molar-refractivity contribution in [1.82, 2.24) is 19.5 Å². The summed E-state index contributed by atoms with van der Waals surface area (Å²) in [4.78, 5) is 38.6. The van der Waals surface area contributed by atoms with Crippen LogP contribution in [0.3, 0.4) is 0 Å². The summed E-state index contributed by atoms with van der Waals surface area (Å²) < 4.78 is 29.3. The van der Waals surface area contributed by atoms with Crippen LogP contribution in [0, 0.1) is 0 Å². The number of rotatable bonds is 6. The van der Waals surface area contributed by atoms with Crippen molar-refractivity contribution in [2.24, 2.45) is 0 Å². The Labute approximate surface area is 116 Å². The Morgan fingerprint density at radius 3 is 2.95 bits per heavy atom. The van der Waals surface area contributed by atoms with Crippen LogP contribution in [-0.2, 0) is 15.8 Å². The molecule has 116 valence electrons. The molecule has 2 rings (SSSR count). The zero-order chi connectivity index (χ0) is 15.6. The Kier molecular flexibility index (Phi) is 4.37. The van der Waals surface area contributed by atoms with E-state index in [-0.39, 0.29) is 36.7 Å². The molecule has 0 fully saturated rings. The van der Waals surface area contributed by atoms with E-state index in [1.165, 1.54) is 10.9 Å². The third-order valence-corrected chi connectivity index (χ3v) is 3.23. The number of hydrogen-bond donors (Lipinski definition) is 4. The van der Waals surface area contributed by atoms with Crippen LogP contribution in [0.5, 0.6) is 0 Å². The number of aromatic amines is 1. The van der Waals surface area contributed by atoms with Gasteiger partial charge in [-0.1, -0.05) is 0 Å². The number of nitrogens with zero attached hydrogens (tertiary/aromatic N) is 3. The number of H-pyrrole nitrogens is 1. The van der Waals surface area contributed by atoms with E-state index in [1.54, 1.807) is 0 Å². The third kappa shape index (κ3) is 3.64. The summed E-state index contributed by atoms with van der Waals surface area (Å²) in [5.41, 5.74) is 5.33. The lowest BCUT2D eigenvalue weighted by Gasteiger charge is -2.11. The van der Waals surface area contributed by atoms with Crippen LogP contribution in [0.2, 0.25) is 0 Å². The number of fused-ring (bicyclic) bond motifs is 1. The predicted molar refractivity (Wildman–Crippen MR) is 70.1 cm³/mol. The molecule has 1 atom stereocenters. The molecule has 5 N–H and O–H groups in total. The quantitative estimate of drug-likeness (QED) is 0.411. The smallest absolute Gasteiger partial charge is 0.369 e. The number of hydrogen-bond acceptors (Lipinski definition) is 6. The van der Waals surface area contributed by atoms with Crippen LogP contribution >= 0.6 is 7.60 Å². The van der Waals surface area contributed by atoms with Gasteiger partial charge in [-0.2, -0.15) is 4.98 Å². The van der Waals surface area contributed by atoms with Gasteiger partial charge >= 0.3 is 13.7 Å². The van der Waals surface area contributed by atoms with Crippen molar-refractivity contribution in [1.29, 1.82) is 0 Å². The first-order chi connectivity index (χ1) is 9.79. The maximum atomic E-state index is 12.9. The van der Waals surface area contributed by atoms with E-state index in [0.717, 1.165) is 0 Å². The molecule has 2 heterocycles. The first-order valence-electron chi connectivity index (χ1n) is 5.80. The minimum Gasteiger partial charge on any atom is -0.369 e. The van der Waals surface area contributed by atoms with Gasteiger partial charge in [-0.05, 0) is 6.42 Å². The maximum Gasteiger partial charge on any atom is 0.386 e. The molecule has 2 aromatic heterocycles. The molecular formula is C9H13FN5O5P. The second kappa shape index (κ2) is 5.90. The zero-order valence-corrected chi connectivity index (χ0v) is 11.5. The van der Waals surface area contributed by atoms with Crippen molar-refractivity contribution in [2.75, 3.05) is 12.3 Å². The van der Waals surface area contributed by atoms with Crippen molar-refractivity contribution in [3.05, 3.63) is 16.7 Å². The second-order valence-electron chi connectivity index (χ2n) is 4.17. The van der Waals surface area contributed by atoms with Gasteiger partial charge in [0.1, 0.15) is 0 Å². The molecule has 0 amide bonds. The Balaban J connectivity index is 1.99. The number of ether oxygens (including phenoxy) is 1. The fourth-order valence-corrected chi connectivity index (χ4v) is 1.95. The fraction of sp³-hybridized carbons (Fsp3) is 0.444. The SMILES string of the molecule is Nc1nc2c(ncn2CCCO[C@@H](F)P(=O)(O)O)c(=O)[nH]1. The number of nitrogens with two attached hydrogens (primary N) is 1. The molecule has 2 aromatic rings. The molecule has 0 aliphatic rings. The molecule has 0 spiro atoms. The highest BCUT2D eigenvalue weighted by molar-refractivity contribution is 7.52. The molecule has 0 radical (unpaired) electrons. The molecule has 0 bridgehead atoms. The minimum atomic E-state index is -4.89. The highest BCUT2D eigenvalue weighted by Gasteiger charge is 2.29. The zero-order valence-electron chi connectivity index (χ0n) is 10.6. The summed E-state index contributed by atoms with van der Waals surface area (Å²) in [5, 5.41) is 0. The van der Waals surface area contributed by atoms with Gasteiger partial charge in [0.05, 0.1) is 12.9 Å². The number of anilines is 1. The van der Waals surface area contributed by atoms with Gasteiger partial charge in [-0.3, -0.25) is 14.3 Å². The molecule has 0 saturated carbocycles. The van der Waals surface area contributed by atoms with Crippen LogP contribution in [-0.4, -0.2) is 42.0 Å². The van der Waals surface area contributed by atoms with E-state index >= 15 is 0 Å². The lowest BCUT2D eigenvalue weighted by atomic mass is 10.4. The normalized spacial score (nSPS) is 13.7. The third-order valence-electron chi connectivity index (χ3n) is 2.56. The highest BCUT2D eigenvalue weighted by Crippen LogP contribution is 2.42. The highest BCUT2D eigenvalue weighted by atomic mass is 31.2. The number of aromatic nitrogens is 4. The van der Waals surface area contributed by atoms with E-state index in [4.69, 9.17) is 15.5 Å². The van der Waals surface area contributed by atoms with Crippen molar-refractivity contribution in [3.63, 3.8) is 0 Å². The summed E-state index contributed by atoms with van der Waals surface area (Å²) >= 11 is 0. The van der Waals surface area contributed by atoms with Crippen LogP contribution in [0.15, 0.2) is 11.1 Å². The summed E-state index contributed by atoms with van der Waals surface area (Å²) in [6.07, 6.45) is -1.05. The fourth-order valence-electron chi connectivity index (χ4n) is 1.65. The van der Waals surface area contributed by atoms with Gasteiger partial charge in [-0.25, -0.2) is 9.37 Å². The number of aryl methyl sites for hydroxylation is 1. The first kappa shape index (κ1) is 15.6. The van der Waals surface area contributed by atoms with Gasteiger partial charge in [0, 0.05) is 6.54 Å². The molecule has 0 unspecified atom stereocenters. The van der Waals surface area contributed by atoms with Gasteiger partial charge in [0.15, 0.2) is 11.2 Å². The standard InChI is InChI=1S/C9H13FN5O5P/c10-8(21(17,18)19)20-3-1-2-15-4-12-5-6(15)13-9(11)14-7(5)16/h4,8H,1-3H2,(H2,17,18,19)(H3,11,13,14,16)/t8-/m1/s1. The van der Waals surface area contributed by atoms with Gasteiger partial charge in [0.2, 0.25) is 5.95 Å². The number of nitrogens with one attached hydrogen (secondary N) is 1. The number of nitrogen functional groups attached to an aromatic ring is 1. The first-order valence-corrected chi connectivity index (χ1v) is 7.48. The number of alkyl halides is 1. The Morgan fingerprint density at radius 1 is 1.57 bits per heavy atom. The summed E-state index contributed by atoms with van der Waals surface area (Å²) in [6.45, 7) is 0.0465. The molecule has 0 aliphatic heterocycles. The molecular weight excluding hydrogens is 308 g/mol. The Hall–Kier alpha value is -1.81. The van der Waals surface area contributed by atoms with E-state index in [9.17, 15) is 13.8 Å². The van der Waals surface area contributed by atoms with E-state index < -0.39 is 19.3 Å². The van der Waals surface area contributed by atoms with Crippen molar-refractivity contribution < 1.29 is 23.5 Å². The molecule has 21 heavy (non-hydrogen) atoms. The topological polar surface area (TPSA) is 156 Å². The van der Waals surface area contributed by atoms with E-state index in [2.05, 4.69) is 19.7 Å². The molecule has 0 aromatic carbocycles. The largest absolute Gasteiger partial charge is 0.386 e. The summed E-state index contributed by atoms with van der Waals surface area (Å²) in [7, 11) is -4.89. The number of imidazole rings is 1. The number of halogens is 1. The van der Waals surface area contributed by atoms with Crippen LogP contribution in [0.1, 0.15) is 6.42 Å². The molecule has 10 nitrogen and oxygen atoms in total. The van der Waals surface area contributed by atoms with Gasteiger partial charge in [0.25, 0.3) is 5.56 Å². The van der Waals surface area contributed by atoms with Crippen LogP contribution in [0.25, 0.3) is 11.2 Å². The van der Waals surface area contributed by atoms with Crippen molar-refractivity contribution >= 4 is 24.7 Å². The monoisotopic (exact) mass is 321 g/mol. The second-order valence-corrected chi connectivity index (χ2v) is 5.75. The maximum absolute atomic E-state index is 12.9. The van der Waals surface area contributed by atoms with Gasteiger partial charge in [-0.15, -0.1) is 0 Å². The van der Waals surface area contributed by atoms with Crippen molar-refractivity contribution in [3.8, 4) is 0 Å². The van der Waals surface area contributed by atoms with Crippen LogP contribution in [0.4, 0.5) is 10.3 Å². The molecule has 0 aliphatic carbocycles. The Morgan fingerprint density at radius 2 is 2.29 bits per heavy atom. The minimum absolute atomic E-state index is 0.0594.